The Balaban J connectivity index is 0.000000135. The van der Waals surface area contributed by atoms with E-state index in [2.05, 4.69) is 5.73 Å². The summed E-state index contributed by atoms with van der Waals surface area (Å²) < 4.78 is 0. The zero-order valence-electron chi connectivity index (χ0n) is 4.76. The summed E-state index contributed by atoms with van der Waals surface area (Å²) in [5.74, 6) is -0.968. The molecule has 0 unspecified atom stereocenters. The molecule has 3 N–H and O–H groups in total. The molecule has 48 valence electrons. The Morgan fingerprint density at radius 2 is 1.75 bits per heavy atom. The molecule has 0 aromatic rings. The van der Waals surface area contributed by atoms with Gasteiger partial charge in [0.1, 0.15) is 0 Å². The average molecular weight is 117 g/mol. The van der Waals surface area contributed by atoms with Gasteiger partial charge in [-0.3, -0.25) is 4.79 Å². The lowest BCUT2D eigenvalue weighted by molar-refractivity contribution is -0.135. The summed E-state index contributed by atoms with van der Waals surface area (Å²) in [6, 6.07) is 0. The molecule has 1 aliphatic carbocycles. The second kappa shape index (κ2) is 4.59. The molecule has 1 fully saturated rings. The summed E-state index contributed by atoms with van der Waals surface area (Å²) in [5.41, 5.74) is 4.57. The van der Waals surface area contributed by atoms with Gasteiger partial charge >= 0.3 is 5.97 Å². The molecule has 1 rings (SSSR count). The van der Waals surface area contributed by atoms with Crippen molar-refractivity contribution >= 4 is 5.97 Å². The van der Waals surface area contributed by atoms with Crippen molar-refractivity contribution in [1.29, 1.82) is 0 Å². The molecular formula is C5H11NO2. The molecule has 0 aliphatic heterocycles. The Morgan fingerprint density at radius 1 is 1.50 bits per heavy atom. The minimum absolute atomic E-state index is 0.278. The number of aliphatic carboxylic acids is 1. The molecule has 1 aliphatic rings. The molecule has 8 heavy (non-hydrogen) atoms. The first-order chi connectivity index (χ1) is 3.77. The van der Waals surface area contributed by atoms with E-state index in [-0.39, 0.29) is 6.54 Å². The van der Waals surface area contributed by atoms with E-state index in [0.29, 0.717) is 0 Å². The van der Waals surface area contributed by atoms with Crippen LogP contribution in [-0.2, 0) is 4.79 Å². The van der Waals surface area contributed by atoms with Gasteiger partial charge in [0.2, 0.25) is 0 Å². The topological polar surface area (TPSA) is 63.3 Å². The van der Waals surface area contributed by atoms with E-state index in [4.69, 9.17) is 5.11 Å². The first-order valence-corrected chi connectivity index (χ1v) is 2.69. The smallest absolute Gasteiger partial charge is 0.317 e. The molecule has 0 amide bonds. The van der Waals surface area contributed by atoms with E-state index in [1.807, 2.05) is 0 Å². The van der Waals surface area contributed by atoms with Crippen molar-refractivity contribution in [2.24, 2.45) is 5.73 Å². The Morgan fingerprint density at radius 3 is 1.75 bits per heavy atom. The SMILES string of the molecule is C1CC1.NCC(=O)O. The van der Waals surface area contributed by atoms with Crippen LogP contribution in [0.15, 0.2) is 0 Å². The van der Waals surface area contributed by atoms with Crippen molar-refractivity contribution in [2.45, 2.75) is 19.3 Å². The fourth-order valence-corrected chi connectivity index (χ4v) is 0. The van der Waals surface area contributed by atoms with Gasteiger partial charge in [-0.2, -0.15) is 0 Å². The molecule has 0 aromatic carbocycles. The van der Waals surface area contributed by atoms with Crippen molar-refractivity contribution in [3.8, 4) is 0 Å². The van der Waals surface area contributed by atoms with Crippen molar-refractivity contribution in [3.63, 3.8) is 0 Å². The van der Waals surface area contributed by atoms with Gasteiger partial charge in [0.15, 0.2) is 0 Å². The van der Waals surface area contributed by atoms with Crippen LogP contribution in [0.2, 0.25) is 0 Å². The molecular weight excluding hydrogens is 106 g/mol. The molecule has 0 radical (unpaired) electrons. The van der Waals surface area contributed by atoms with Crippen molar-refractivity contribution in [2.75, 3.05) is 6.54 Å². The third-order valence-electron chi connectivity index (χ3n) is 0.528. The van der Waals surface area contributed by atoms with Crippen molar-refractivity contribution < 1.29 is 9.90 Å². The van der Waals surface area contributed by atoms with Crippen molar-refractivity contribution in [3.05, 3.63) is 0 Å². The average Bonchev–Trinajstić information content (AvgIpc) is 2.48. The van der Waals surface area contributed by atoms with Crippen LogP contribution < -0.4 is 5.73 Å². The van der Waals surface area contributed by atoms with E-state index in [9.17, 15) is 4.79 Å². The van der Waals surface area contributed by atoms with Gasteiger partial charge in [-0.25, -0.2) is 0 Å². The monoisotopic (exact) mass is 117 g/mol. The maximum absolute atomic E-state index is 9.24. The maximum atomic E-state index is 9.24. The Bertz CT molecular complexity index is 68.1. The van der Waals surface area contributed by atoms with Gasteiger partial charge in [0.25, 0.3) is 0 Å². The minimum atomic E-state index is -0.968. The lowest BCUT2D eigenvalue weighted by atomic mass is 10.7. The zero-order chi connectivity index (χ0) is 6.41. The highest BCUT2D eigenvalue weighted by Crippen LogP contribution is 2.14. The van der Waals surface area contributed by atoms with Gasteiger partial charge in [0, 0.05) is 0 Å². The van der Waals surface area contributed by atoms with Gasteiger partial charge in [-0.1, -0.05) is 19.3 Å². The first kappa shape index (κ1) is 7.43. The molecule has 3 nitrogen and oxygen atoms in total. The fraction of sp³-hybridized carbons (Fsp3) is 0.800. The molecule has 1 saturated carbocycles. The van der Waals surface area contributed by atoms with E-state index < -0.39 is 5.97 Å². The molecule has 0 atom stereocenters. The summed E-state index contributed by atoms with van der Waals surface area (Å²) >= 11 is 0. The second-order valence-corrected chi connectivity index (χ2v) is 1.66. The normalized spacial score (nSPS) is 13.6. The van der Waals surface area contributed by atoms with Crippen LogP contribution in [0.5, 0.6) is 0 Å². The molecule has 0 heterocycles. The van der Waals surface area contributed by atoms with E-state index in [0.717, 1.165) is 0 Å². The van der Waals surface area contributed by atoms with Crippen LogP contribution >= 0.6 is 0 Å². The predicted molar refractivity (Wildman–Crippen MR) is 30.5 cm³/mol. The number of nitrogens with two attached hydrogens (primary N) is 1. The summed E-state index contributed by atoms with van der Waals surface area (Å²) in [4.78, 5) is 9.24. The number of rotatable bonds is 1. The van der Waals surface area contributed by atoms with E-state index >= 15 is 0 Å². The Kier molecular flexibility index (Phi) is 4.26. The van der Waals surface area contributed by atoms with Crippen LogP contribution in [0.1, 0.15) is 19.3 Å². The summed E-state index contributed by atoms with van der Waals surface area (Å²) in [5, 5.41) is 7.60. The van der Waals surface area contributed by atoms with Crippen LogP contribution in [-0.4, -0.2) is 17.6 Å². The molecule has 0 bridgehead atoms. The number of hydrogen-bond acceptors (Lipinski definition) is 2. The molecule has 0 aromatic heterocycles. The largest absolute Gasteiger partial charge is 0.480 e. The van der Waals surface area contributed by atoms with Gasteiger partial charge in [-0.05, 0) is 0 Å². The predicted octanol–water partition coefficient (Wildman–Crippen LogP) is 0.200. The number of hydrogen-bond donors (Lipinski definition) is 2. The quantitative estimate of drug-likeness (QED) is 0.515. The Hall–Kier alpha value is -0.570. The maximum Gasteiger partial charge on any atom is 0.317 e. The molecule has 0 saturated heterocycles. The molecule has 3 heteroatoms. The van der Waals surface area contributed by atoms with Gasteiger partial charge < -0.3 is 10.8 Å². The lowest BCUT2D eigenvalue weighted by Gasteiger charge is -1.73. The van der Waals surface area contributed by atoms with Crippen LogP contribution in [0.25, 0.3) is 0 Å². The zero-order valence-corrected chi connectivity index (χ0v) is 4.76. The minimum Gasteiger partial charge on any atom is -0.480 e. The van der Waals surface area contributed by atoms with E-state index in [1.54, 1.807) is 0 Å². The highest BCUT2D eigenvalue weighted by atomic mass is 16.4. The highest BCUT2D eigenvalue weighted by molar-refractivity contribution is 5.68. The van der Waals surface area contributed by atoms with Crippen molar-refractivity contribution in [1.82, 2.24) is 0 Å². The van der Waals surface area contributed by atoms with Crippen LogP contribution in [0.3, 0.4) is 0 Å². The van der Waals surface area contributed by atoms with Gasteiger partial charge in [0.05, 0.1) is 6.54 Å². The second-order valence-electron chi connectivity index (χ2n) is 1.66. The van der Waals surface area contributed by atoms with Gasteiger partial charge in [-0.15, -0.1) is 0 Å². The van der Waals surface area contributed by atoms with Crippen LogP contribution in [0, 0.1) is 0 Å². The highest BCUT2D eigenvalue weighted by Gasteiger charge is 1.95. The third kappa shape index (κ3) is 18.0. The lowest BCUT2D eigenvalue weighted by Crippen LogP contribution is -2.10. The van der Waals surface area contributed by atoms with Crippen LogP contribution in [0.4, 0.5) is 0 Å². The fourth-order valence-electron chi connectivity index (χ4n) is 0. The number of carbonyl (C=O) groups is 1. The molecule has 0 spiro atoms. The first-order valence-electron chi connectivity index (χ1n) is 2.69. The summed E-state index contributed by atoms with van der Waals surface area (Å²) in [6.07, 6.45) is 4.50. The number of carboxylic acids is 1. The standard InChI is InChI=1S/C3H6.C2H5NO2/c1-2-3-1;3-1-2(4)5/h1-3H2;1,3H2,(H,4,5). The third-order valence-corrected chi connectivity index (χ3v) is 0.528. The summed E-state index contributed by atoms with van der Waals surface area (Å²) in [7, 11) is 0. The Labute approximate surface area is 48.5 Å². The number of carboxylic acid groups (broad SMARTS) is 1. The summed E-state index contributed by atoms with van der Waals surface area (Å²) in [6.45, 7) is -0.278. The van der Waals surface area contributed by atoms with E-state index in [1.165, 1.54) is 19.3 Å².